The van der Waals surface area contributed by atoms with Crippen LogP contribution in [0, 0.1) is 0 Å². The average Bonchev–Trinajstić information content (AvgIpc) is 2.73. The Kier molecular flexibility index (Phi) is 3.16. The van der Waals surface area contributed by atoms with E-state index < -0.39 is 0 Å². The van der Waals surface area contributed by atoms with E-state index >= 15 is 0 Å². The molecule has 1 aromatic heterocycles. The van der Waals surface area contributed by atoms with Gasteiger partial charge in [-0.15, -0.1) is 11.3 Å². The fraction of sp³-hybridized carbons (Fsp3) is 0. The Bertz CT molecular complexity index is 709. The molecule has 0 atom stereocenters. The predicted molar refractivity (Wildman–Crippen MR) is 79.6 cm³/mol. The van der Waals surface area contributed by atoms with E-state index in [-0.39, 0.29) is 0 Å². The number of halogens is 1. The highest BCUT2D eigenvalue weighted by Gasteiger charge is 2.07. The zero-order valence-corrected chi connectivity index (χ0v) is 11.6. The van der Waals surface area contributed by atoms with E-state index in [2.05, 4.69) is 4.98 Å². The molecule has 0 radical (unpaired) electrons. The van der Waals surface area contributed by atoms with Crippen molar-refractivity contribution in [2.45, 2.75) is 9.24 Å². The van der Waals surface area contributed by atoms with E-state index in [1.807, 2.05) is 42.5 Å². The van der Waals surface area contributed by atoms with Gasteiger partial charge >= 0.3 is 0 Å². The van der Waals surface area contributed by atoms with Gasteiger partial charge in [0.15, 0.2) is 4.34 Å². The van der Waals surface area contributed by atoms with Crippen molar-refractivity contribution in [3.63, 3.8) is 0 Å². The Morgan fingerprint density at radius 2 is 2.00 bits per heavy atom. The van der Waals surface area contributed by atoms with Gasteiger partial charge in [0.1, 0.15) is 0 Å². The number of hydrogen-bond acceptors (Lipinski definition) is 4. The van der Waals surface area contributed by atoms with Crippen molar-refractivity contribution in [2.24, 2.45) is 0 Å². The van der Waals surface area contributed by atoms with Gasteiger partial charge in [-0.1, -0.05) is 35.5 Å². The molecular weight excluding hydrogens is 284 g/mol. The zero-order chi connectivity index (χ0) is 12.5. The molecule has 0 saturated carbocycles. The molecule has 2 N–H and O–H groups in total. The molecule has 0 saturated heterocycles. The fourth-order valence-electron chi connectivity index (χ4n) is 1.59. The molecule has 2 aromatic carbocycles. The van der Waals surface area contributed by atoms with E-state index in [1.165, 1.54) is 0 Å². The minimum absolute atomic E-state index is 0.751. The van der Waals surface area contributed by atoms with E-state index in [9.17, 15) is 0 Å². The Balaban J connectivity index is 1.98. The summed E-state index contributed by atoms with van der Waals surface area (Å²) < 4.78 is 2.08. The number of aromatic nitrogens is 1. The molecule has 1 heterocycles. The first-order valence-electron chi connectivity index (χ1n) is 5.31. The number of hydrogen-bond donors (Lipinski definition) is 1. The number of fused-ring (bicyclic) bond motifs is 1. The Morgan fingerprint density at radius 1 is 1.17 bits per heavy atom. The lowest BCUT2D eigenvalue weighted by atomic mass is 10.3. The van der Waals surface area contributed by atoms with E-state index in [1.54, 1.807) is 23.1 Å². The first-order chi connectivity index (χ1) is 8.72. The molecule has 5 heteroatoms. The number of nitrogens with two attached hydrogens (primary N) is 1. The molecule has 90 valence electrons. The molecule has 0 aliphatic rings. The molecule has 18 heavy (non-hydrogen) atoms. The summed E-state index contributed by atoms with van der Waals surface area (Å²) >= 11 is 9.34. The maximum absolute atomic E-state index is 6.13. The van der Waals surface area contributed by atoms with E-state index in [0.29, 0.717) is 0 Å². The second kappa shape index (κ2) is 4.80. The summed E-state index contributed by atoms with van der Waals surface area (Å²) in [6, 6.07) is 13.5. The summed E-state index contributed by atoms with van der Waals surface area (Å²) in [4.78, 5) is 5.58. The summed E-state index contributed by atoms with van der Waals surface area (Å²) in [5, 5.41) is 0.751. The van der Waals surface area contributed by atoms with Crippen LogP contribution in [0.2, 0.25) is 5.02 Å². The van der Waals surface area contributed by atoms with Gasteiger partial charge in [0.05, 0.1) is 15.2 Å². The largest absolute Gasteiger partial charge is 0.399 e. The van der Waals surface area contributed by atoms with Crippen LogP contribution in [0.3, 0.4) is 0 Å². The van der Waals surface area contributed by atoms with Gasteiger partial charge in [-0.25, -0.2) is 4.98 Å². The first-order valence-corrected chi connectivity index (χ1v) is 7.32. The van der Waals surface area contributed by atoms with Crippen molar-refractivity contribution < 1.29 is 0 Å². The summed E-state index contributed by atoms with van der Waals surface area (Å²) in [6.45, 7) is 0. The quantitative estimate of drug-likeness (QED) is 0.697. The minimum atomic E-state index is 0.751. The smallest absolute Gasteiger partial charge is 0.155 e. The van der Waals surface area contributed by atoms with Crippen LogP contribution in [0.25, 0.3) is 10.2 Å². The summed E-state index contributed by atoms with van der Waals surface area (Å²) in [5.74, 6) is 0. The molecular formula is C13H9ClN2S2. The van der Waals surface area contributed by atoms with Crippen LogP contribution < -0.4 is 5.73 Å². The minimum Gasteiger partial charge on any atom is -0.399 e. The molecule has 0 spiro atoms. The third-order valence-corrected chi connectivity index (χ3v) is 5.02. The van der Waals surface area contributed by atoms with Crippen molar-refractivity contribution in [2.75, 3.05) is 5.73 Å². The molecule has 3 rings (SSSR count). The third kappa shape index (κ3) is 2.32. The molecule has 0 aliphatic carbocycles. The summed E-state index contributed by atoms with van der Waals surface area (Å²) in [7, 11) is 0. The van der Waals surface area contributed by atoms with Gasteiger partial charge in [-0.05, 0) is 30.3 Å². The molecule has 0 fully saturated rings. The van der Waals surface area contributed by atoms with Gasteiger partial charge < -0.3 is 5.73 Å². The van der Waals surface area contributed by atoms with Crippen molar-refractivity contribution in [1.29, 1.82) is 0 Å². The molecule has 0 amide bonds. The van der Waals surface area contributed by atoms with E-state index in [4.69, 9.17) is 17.3 Å². The van der Waals surface area contributed by atoms with Gasteiger partial charge in [0, 0.05) is 10.6 Å². The van der Waals surface area contributed by atoms with Crippen LogP contribution in [0.4, 0.5) is 5.69 Å². The highest BCUT2D eigenvalue weighted by molar-refractivity contribution is 8.01. The van der Waals surface area contributed by atoms with Crippen molar-refractivity contribution >= 4 is 50.6 Å². The monoisotopic (exact) mass is 292 g/mol. The number of nitrogen functional groups attached to an aromatic ring is 1. The van der Waals surface area contributed by atoms with Gasteiger partial charge in [-0.2, -0.15) is 0 Å². The topological polar surface area (TPSA) is 38.9 Å². The van der Waals surface area contributed by atoms with Gasteiger partial charge in [0.25, 0.3) is 0 Å². The maximum Gasteiger partial charge on any atom is 0.155 e. The standard InChI is InChI=1S/C13H9ClN2S2/c14-9-3-1-2-4-11(9)17-13-16-10-6-5-8(15)7-12(10)18-13/h1-7H,15H2. The van der Waals surface area contributed by atoms with Crippen LogP contribution in [-0.4, -0.2) is 4.98 Å². The molecule has 2 nitrogen and oxygen atoms in total. The van der Waals surface area contributed by atoms with Crippen LogP contribution in [0.5, 0.6) is 0 Å². The van der Waals surface area contributed by atoms with Crippen LogP contribution in [0.15, 0.2) is 51.7 Å². The molecule has 0 unspecified atom stereocenters. The maximum atomic E-state index is 6.13. The number of anilines is 1. The summed E-state index contributed by atoms with van der Waals surface area (Å²) in [5.41, 5.74) is 7.50. The Morgan fingerprint density at radius 3 is 2.83 bits per heavy atom. The first kappa shape index (κ1) is 11.8. The highest BCUT2D eigenvalue weighted by Crippen LogP contribution is 2.37. The van der Waals surface area contributed by atoms with Crippen LogP contribution >= 0.6 is 34.7 Å². The highest BCUT2D eigenvalue weighted by atomic mass is 35.5. The Labute approximate surface area is 118 Å². The molecule has 3 aromatic rings. The second-order valence-electron chi connectivity index (χ2n) is 3.74. The van der Waals surface area contributed by atoms with Crippen molar-refractivity contribution in [1.82, 2.24) is 4.98 Å². The van der Waals surface area contributed by atoms with E-state index in [0.717, 1.165) is 30.2 Å². The normalized spacial score (nSPS) is 10.9. The van der Waals surface area contributed by atoms with Crippen LogP contribution in [0.1, 0.15) is 0 Å². The predicted octanol–water partition coefficient (Wildman–Crippen LogP) is 4.68. The SMILES string of the molecule is Nc1ccc2nc(Sc3ccccc3Cl)sc2c1. The lowest BCUT2D eigenvalue weighted by Gasteiger charge is -1.99. The number of nitrogens with zero attached hydrogens (tertiary/aromatic N) is 1. The summed E-state index contributed by atoms with van der Waals surface area (Å²) in [6.07, 6.45) is 0. The number of thiazole rings is 1. The number of rotatable bonds is 2. The van der Waals surface area contributed by atoms with Crippen molar-refractivity contribution in [3.8, 4) is 0 Å². The van der Waals surface area contributed by atoms with Gasteiger partial charge in [0.2, 0.25) is 0 Å². The average molecular weight is 293 g/mol. The Hall–Kier alpha value is -1.23. The lowest BCUT2D eigenvalue weighted by molar-refractivity contribution is 1.29. The fourth-order valence-corrected chi connectivity index (χ4v) is 3.93. The lowest BCUT2D eigenvalue weighted by Crippen LogP contribution is -1.81. The number of benzene rings is 2. The van der Waals surface area contributed by atoms with Crippen LogP contribution in [-0.2, 0) is 0 Å². The van der Waals surface area contributed by atoms with Gasteiger partial charge in [-0.3, -0.25) is 0 Å². The zero-order valence-electron chi connectivity index (χ0n) is 9.26. The second-order valence-corrected chi connectivity index (χ2v) is 6.47. The van der Waals surface area contributed by atoms with Crippen molar-refractivity contribution in [3.05, 3.63) is 47.5 Å². The molecule has 0 aliphatic heterocycles. The molecule has 0 bridgehead atoms. The third-order valence-electron chi connectivity index (χ3n) is 2.43.